The Kier molecular flexibility index (Phi) is 5.14. The highest BCUT2D eigenvalue weighted by atomic mass is 32.1. The Morgan fingerprint density at radius 1 is 1.40 bits per heavy atom. The Morgan fingerprint density at radius 2 is 2.30 bits per heavy atom. The Bertz CT molecular complexity index is 582. The third kappa shape index (κ3) is 4.40. The van der Waals surface area contributed by atoms with Crippen molar-refractivity contribution in [2.24, 2.45) is 5.16 Å². The van der Waals surface area contributed by atoms with Crippen LogP contribution in [0.1, 0.15) is 4.88 Å². The molecule has 1 aromatic heterocycles. The van der Waals surface area contributed by atoms with E-state index in [1.807, 2.05) is 17.5 Å². The molecule has 0 atom stereocenters. The molecule has 2 rings (SSSR count). The average molecular weight is 290 g/mol. The number of anilines is 1. The van der Waals surface area contributed by atoms with Crippen LogP contribution in [0.4, 0.5) is 5.69 Å². The van der Waals surface area contributed by atoms with Gasteiger partial charge in [0.2, 0.25) is 0 Å². The first-order valence-corrected chi connectivity index (χ1v) is 6.78. The third-order valence-electron chi connectivity index (χ3n) is 2.35. The smallest absolute Gasteiger partial charge is 0.265 e. The lowest BCUT2D eigenvalue weighted by atomic mass is 10.3. The molecule has 0 spiro atoms. The van der Waals surface area contributed by atoms with Crippen molar-refractivity contribution in [2.75, 3.05) is 19.0 Å². The van der Waals surface area contributed by atoms with E-state index in [4.69, 9.17) is 9.57 Å². The maximum absolute atomic E-state index is 11.6. The normalized spacial score (nSPS) is 10.4. The van der Waals surface area contributed by atoms with Crippen LogP contribution in [0.25, 0.3) is 0 Å². The summed E-state index contributed by atoms with van der Waals surface area (Å²) < 4.78 is 5.07. The Morgan fingerprint density at radius 3 is 3.05 bits per heavy atom. The number of ether oxygens (including phenoxy) is 1. The summed E-state index contributed by atoms with van der Waals surface area (Å²) in [6.45, 7) is -0.140. The van der Waals surface area contributed by atoms with Crippen LogP contribution in [-0.2, 0) is 9.63 Å². The van der Waals surface area contributed by atoms with Crippen LogP contribution in [0.15, 0.2) is 46.9 Å². The number of hydrogen-bond acceptors (Lipinski definition) is 5. The Balaban J connectivity index is 1.77. The summed E-state index contributed by atoms with van der Waals surface area (Å²) in [7, 11) is 1.57. The van der Waals surface area contributed by atoms with Gasteiger partial charge in [-0.2, -0.15) is 0 Å². The molecule has 0 saturated heterocycles. The van der Waals surface area contributed by atoms with E-state index >= 15 is 0 Å². The van der Waals surface area contributed by atoms with Crippen LogP contribution in [0.3, 0.4) is 0 Å². The van der Waals surface area contributed by atoms with Crippen molar-refractivity contribution in [3.63, 3.8) is 0 Å². The fourth-order valence-corrected chi connectivity index (χ4v) is 2.02. The van der Waals surface area contributed by atoms with Crippen molar-refractivity contribution in [1.29, 1.82) is 0 Å². The molecule has 6 heteroatoms. The molecule has 0 aliphatic rings. The lowest BCUT2D eigenvalue weighted by molar-refractivity contribution is -0.120. The molecule has 20 heavy (non-hydrogen) atoms. The molecule has 104 valence electrons. The molecule has 0 aliphatic carbocycles. The molecule has 1 aromatic carbocycles. The second kappa shape index (κ2) is 7.30. The van der Waals surface area contributed by atoms with E-state index in [9.17, 15) is 4.79 Å². The number of rotatable bonds is 6. The van der Waals surface area contributed by atoms with E-state index in [0.29, 0.717) is 11.4 Å². The first-order valence-electron chi connectivity index (χ1n) is 5.90. The van der Waals surface area contributed by atoms with E-state index in [2.05, 4.69) is 10.5 Å². The predicted molar refractivity (Wildman–Crippen MR) is 79.5 cm³/mol. The topological polar surface area (TPSA) is 59.9 Å². The van der Waals surface area contributed by atoms with Gasteiger partial charge in [-0.3, -0.25) is 4.79 Å². The van der Waals surface area contributed by atoms with Gasteiger partial charge in [0.25, 0.3) is 5.91 Å². The SMILES string of the molecule is COc1cccc(NC(=O)CO/N=C/c2cccs2)c1. The molecule has 0 radical (unpaired) electrons. The van der Waals surface area contributed by atoms with E-state index in [-0.39, 0.29) is 12.5 Å². The van der Waals surface area contributed by atoms with Gasteiger partial charge in [0.1, 0.15) is 5.75 Å². The second-order valence-electron chi connectivity index (χ2n) is 3.80. The van der Waals surface area contributed by atoms with Crippen molar-refractivity contribution in [3.05, 3.63) is 46.7 Å². The molecular formula is C14H14N2O3S. The average Bonchev–Trinajstić information content (AvgIpc) is 2.97. The highest BCUT2D eigenvalue weighted by Gasteiger charge is 2.03. The summed E-state index contributed by atoms with van der Waals surface area (Å²) in [5.74, 6) is 0.404. The number of nitrogens with one attached hydrogen (secondary N) is 1. The minimum atomic E-state index is -0.276. The van der Waals surface area contributed by atoms with Crippen molar-refractivity contribution in [2.45, 2.75) is 0 Å². The number of oxime groups is 1. The van der Waals surface area contributed by atoms with Gasteiger partial charge >= 0.3 is 0 Å². The first kappa shape index (κ1) is 14.1. The zero-order chi connectivity index (χ0) is 14.2. The molecule has 0 aliphatic heterocycles. The van der Waals surface area contributed by atoms with Crippen LogP contribution < -0.4 is 10.1 Å². The van der Waals surface area contributed by atoms with Gasteiger partial charge in [-0.1, -0.05) is 17.3 Å². The number of thiophene rings is 1. The summed E-state index contributed by atoms with van der Waals surface area (Å²) in [4.78, 5) is 17.5. The van der Waals surface area contributed by atoms with Crippen LogP contribution in [0, 0.1) is 0 Å². The number of methoxy groups -OCH3 is 1. The molecule has 0 bridgehead atoms. The van der Waals surface area contributed by atoms with Gasteiger partial charge in [0.15, 0.2) is 6.61 Å². The fraction of sp³-hybridized carbons (Fsp3) is 0.143. The van der Waals surface area contributed by atoms with Crippen molar-refractivity contribution in [3.8, 4) is 5.75 Å². The highest BCUT2D eigenvalue weighted by Crippen LogP contribution is 2.16. The van der Waals surface area contributed by atoms with E-state index in [1.54, 1.807) is 48.9 Å². The Labute approximate surface area is 120 Å². The van der Waals surface area contributed by atoms with Crippen LogP contribution in [0.5, 0.6) is 5.75 Å². The summed E-state index contributed by atoms with van der Waals surface area (Å²) in [5, 5.41) is 8.37. The molecule has 0 saturated carbocycles. The number of carbonyl (C=O) groups excluding carboxylic acids is 1. The summed E-state index contributed by atoms with van der Waals surface area (Å²) in [6, 6.07) is 10.9. The maximum Gasteiger partial charge on any atom is 0.265 e. The minimum absolute atomic E-state index is 0.140. The number of nitrogens with zero attached hydrogens (tertiary/aromatic N) is 1. The van der Waals surface area contributed by atoms with E-state index in [0.717, 1.165) is 4.88 Å². The first-order chi connectivity index (χ1) is 9.78. The number of amides is 1. The monoisotopic (exact) mass is 290 g/mol. The Hall–Kier alpha value is -2.34. The lowest BCUT2D eigenvalue weighted by Gasteiger charge is -2.06. The molecule has 5 nitrogen and oxygen atoms in total. The van der Waals surface area contributed by atoms with Crippen molar-refractivity contribution < 1.29 is 14.4 Å². The predicted octanol–water partition coefficient (Wildman–Crippen LogP) is 2.75. The van der Waals surface area contributed by atoms with Gasteiger partial charge in [0.05, 0.1) is 13.3 Å². The number of hydrogen-bond donors (Lipinski definition) is 1. The molecule has 0 unspecified atom stereocenters. The van der Waals surface area contributed by atoms with E-state index in [1.165, 1.54) is 0 Å². The van der Waals surface area contributed by atoms with Gasteiger partial charge < -0.3 is 14.9 Å². The van der Waals surface area contributed by atoms with Crippen molar-refractivity contribution >= 4 is 29.1 Å². The van der Waals surface area contributed by atoms with Gasteiger partial charge in [-0.25, -0.2) is 0 Å². The fourth-order valence-electron chi connectivity index (χ4n) is 1.45. The molecule has 0 fully saturated rings. The number of benzene rings is 1. The van der Waals surface area contributed by atoms with Gasteiger partial charge in [0, 0.05) is 16.6 Å². The van der Waals surface area contributed by atoms with Crippen molar-refractivity contribution in [1.82, 2.24) is 0 Å². The van der Waals surface area contributed by atoms with Crippen LogP contribution in [0.2, 0.25) is 0 Å². The quantitative estimate of drug-likeness (QED) is 0.657. The van der Waals surface area contributed by atoms with Gasteiger partial charge in [-0.15, -0.1) is 11.3 Å². The standard InChI is InChI=1S/C14H14N2O3S/c1-18-12-5-2-4-11(8-12)16-14(17)10-19-15-9-13-6-3-7-20-13/h2-9H,10H2,1H3,(H,16,17)/b15-9+. The lowest BCUT2D eigenvalue weighted by Crippen LogP contribution is -2.16. The summed E-state index contributed by atoms with van der Waals surface area (Å²) in [5.41, 5.74) is 0.653. The summed E-state index contributed by atoms with van der Waals surface area (Å²) in [6.07, 6.45) is 1.57. The maximum atomic E-state index is 11.6. The van der Waals surface area contributed by atoms with Crippen LogP contribution in [-0.4, -0.2) is 25.8 Å². The summed E-state index contributed by atoms with van der Waals surface area (Å²) >= 11 is 1.54. The number of carbonyl (C=O) groups is 1. The molecule has 1 amide bonds. The molecule has 1 N–H and O–H groups in total. The largest absolute Gasteiger partial charge is 0.497 e. The van der Waals surface area contributed by atoms with E-state index < -0.39 is 0 Å². The highest BCUT2D eigenvalue weighted by molar-refractivity contribution is 7.11. The molecular weight excluding hydrogens is 276 g/mol. The minimum Gasteiger partial charge on any atom is -0.497 e. The zero-order valence-corrected chi connectivity index (χ0v) is 11.7. The zero-order valence-electron chi connectivity index (χ0n) is 10.9. The molecule has 1 heterocycles. The third-order valence-corrected chi connectivity index (χ3v) is 3.15. The molecule has 2 aromatic rings. The van der Waals surface area contributed by atoms with Crippen LogP contribution >= 0.6 is 11.3 Å². The second-order valence-corrected chi connectivity index (χ2v) is 4.78. The van der Waals surface area contributed by atoms with Gasteiger partial charge in [-0.05, 0) is 23.6 Å².